The van der Waals surface area contributed by atoms with E-state index in [4.69, 9.17) is 5.10 Å². The Morgan fingerprint density at radius 3 is 2.37 bits per heavy atom. The maximum atomic E-state index is 13.5. The molecule has 0 fully saturated rings. The third-order valence-corrected chi connectivity index (χ3v) is 5.91. The lowest BCUT2D eigenvalue weighted by atomic mass is 9.78. The number of hydrogen-bond acceptors (Lipinski definition) is 2. The van der Waals surface area contributed by atoms with Crippen LogP contribution in [0.3, 0.4) is 0 Å². The molecule has 1 aliphatic rings. The smallest absolute Gasteiger partial charge is 0.328 e. The molecule has 0 saturated heterocycles. The summed E-state index contributed by atoms with van der Waals surface area (Å²) in [6.07, 6.45) is 2.86. The molecule has 1 unspecified atom stereocenters. The van der Waals surface area contributed by atoms with E-state index in [2.05, 4.69) is 12.2 Å². The minimum absolute atomic E-state index is 0.0739. The van der Waals surface area contributed by atoms with Gasteiger partial charge in [-0.1, -0.05) is 55.8 Å². The number of benzene rings is 2. The zero-order chi connectivity index (χ0) is 21.9. The van der Waals surface area contributed by atoms with Crippen LogP contribution in [0.1, 0.15) is 70.9 Å². The first kappa shape index (κ1) is 22.0. The minimum Gasteiger partial charge on any atom is -0.328 e. The van der Waals surface area contributed by atoms with Crippen LogP contribution >= 0.6 is 0 Å². The number of rotatable bonds is 6. The fraction of sp³-hybridized carbons (Fsp3) is 0.440. The van der Waals surface area contributed by atoms with Gasteiger partial charge < -0.3 is 5.32 Å². The van der Waals surface area contributed by atoms with Crippen molar-refractivity contribution >= 4 is 11.7 Å². The van der Waals surface area contributed by atoms with Gasteiger partial charge in [-0.15, -0.1) is 0 Å². The highest BCUT2D eigenvalue weighted by molar-refractivity contribution is 5.96. The van der Waals surface area contributed by atoms with Crippen LogP contribution in [-0.4, -0.2) is 22.3 Å². The van der Waals surface area contributed by atoms with Crippen LogP contribution in [0, 0.1) is 5.82 Å². The molecule has 0 spiro atoms. The molecule has 2 aromatic rings. The van der Waals surface area contributed by atoms with Gasteiger partial charge in [0.1, 0.15) is 5.82 Å². The lowest BCUT2D eigenvalue weighted by molar-refractivity contribution is 0.138. The van der Waals surface area contributed by atoms with Gasteiger partial charge in [0, 0.05) is 11.6 Å². The summed E-state index contributed by atoms with van der Waals surface area (Å²) in [7, 11) is 0. The molecule has 1 aliphatic heterocycles. The molecule has 3 rings (SSSR count). The number of carbonyl (C=O) groups excluding carboxylic acids is 1. The van der Waals surface area contributed by atoms with Crippen molar-refractivity contribution in [2.75, 3.05) is 0 Å². The normalized spacial score (nSPS) is 18.3. The highest BCUT2D eigenvalue weighted by Gasteiger charge is 2.48. The molecular formula is C25H32FN3O. The molecule has 160 valence electrons. The van der Waals surface area contributed by atoms with Crippen molar-refractivity contribution < 1.29 is 9.18 Å². The summed E-state index contributed by atoms with van der Waals surface area (Å²) < 4.78 is 13.5. The third-order valence-electron chi connectivity index (χ3n) is 5.91. The van der Waals surface area contributed by atoms with E-state index < -0.39 is 11.1 Å². The van der Waals surface area contributed by atoms with Crippen molar-refractivity contribution in [1.82, 2.24) is 10.3 Å². The Kier molecular flexibility index (Phi) is 6.30. The van der Waals surface area contributed by atoms with E-state index in [0.717, 1.165) is 36.1 Å². The number of unbranched alkanes of at least 4 members (excludes halogenated alkanes) is 1. The Balaban J connectivity index is 1.90. The lowest BCUT2D eigenvalue weighted by Crippen LogP contribution is -2.53. The molecule has 1 atom stereocenters. The number of hydrogen-bond donors (Lipinski definition) is 1. The Hall–Kier alpha value is -2.69. The molecule has 0 bridgehead atoms. The van der Waals surface area contributed by atoms with Crippen molar-refractivity contribution in [3.05, 3.63) is 71.5 Å². The second-order valence-electron chi connectivity index (χ2n) is 9.07. The SMILES string of the molecule is CCCCC1=NN(C(=O)NC(C)(C)c2ccccc2)C(C)(C)C1c1ccc(F)cc1. The van der Waals surface area contributed by atoms with Gasteiger partial charge in [-0.3, -0.25) is 0 Å². The van der Waals surface area contributed by atoms with E-state index in [0.29, 0.717) is 0 Å². The van der Waals surface area contributed by atoms with Crippen molar-refractivity contribution in [1.29, 1.82) is 0 Å². The van der Waals surface area contributed by atoms with Gasteiger partial charge in [-0.25, -0.2) is 14.2 Å². The molecule has 2 amide bonds. The van der Waals surface area contributed by atoms with Gasteiger partial charge in [0.05, 0.1) is 11.1 Å². The average molecular weight is 410 g/mol. The third kappa shape index (κ3) is 4.40. The minimum atomic E-state index is -0.572. The van der Waals surface area contributed by atoms with Crippen LogP contribution < -0.4 is 5.32 Å². The standard InChI is InChI=1S/C25H32FN3O/c1-6-7-13-21-22(18-14-16-20(26)17-15-18)25(4,5)29(28-21)23(30)27-24(2,3)19-11-9-8-10-12-19/h8-12,14-17,22H,6-7,13H2,1-5H3,(H,27,30). The number of carbonyl (C=O) groups is 1. The number of nitrogens with one attached hydrogen (secondary N) is 1. The molecule has 0 aromatic heterocycles. The Morgan fingerprint density at radius 2 is 1.77 bits per heavy atom. The van der Waals surface area contributed by atoms with Crippen LogP contribution in [0.15, 0.2) is 59.7 Å². The van der Waals surface area contributed by atoms with Gasteiger partial charge >= 0.3 is 6.03 Å². The number of halogens is 1. The van der Waals surface area contributed by atoms with Crippen LogP contribution in [0.2, 0.25) is 0 Å². The Morgan fingerprint density at radius 1 is 1.13 bits per heavy atom. The predicted molar refractivity (Wildman–Crippen MR) is 120 cm³/mol. The van der Waals surface area contributed by atoms with Gasteiger partial charge in [0.25, 0.3) is 0 Å². The van der Waals surface area contributed by atoms with Crippen molar-refractivity contribution in [2.24, 2.45) is 5.10 Å². The molecule has 2 aromatic carbocycles. The summed E-state index contributed by atoms with van der Waals surface area (Å²) in [5.41, 5.74) is 1.87. The molecule has 1 heterocycles. The van der Waals surface area contributed by atoms with Crippen molar-refractivity contribution in [3.63, 3.8) is 0 Å². The van der Waals surface area contributed by atoms with Gasteiger partial charge in [0.15, 0.2) is 0 Å². The summed E-state index contributed by atoms with van der Waals surface area (Å²) >= 11 is 0. The van der Waals surface area contributed by atoms with E-state index in [9.17, 15) is 9.18 Å². The topological polar surface area (TPSA) is 44.7 Å². The maximum Gasteiger partial charge on any atom is 0.339 e. The summed E-state index contributed by atoms with van der Waals surface area (Å²) in [4.78, 5) is 13.3. The van der Waals surface area contributed by atoms with E-state index in [1.54, 1.807) is 17.1 Å². The summed E-state index contributed by atoms with van der Waals surface area (Å²) in [6, 6.07) is 16.2. The van der Waals surface area contributed by atoms with Crippen molar-refractivity contribution in [3.8, 4) is 0 Å². The van der Waals surface area contributed by atoms with E-state index >= 15 is 0 Å². The van der Waals surface area contributed by atoms with E-state index in [1.807, 2.05) is 58.0 Å². The van der Waals surface area contributed by atoms with Crippen molar-refractivity contribution in [2.45, 2.75) is 70.9 Å². The fourth-order valence-electron chi connectivity index (χ4n) is 4.21. The second kappa shape index (κ2) is 8.58. The van der Waals surface area contributed by atoms with Gasteiger partial charge in [0.2, 0.25) is 0 Å². The number of nitrogens with zero attached hydrogens (tertiary/aromatic N) is 2. The molecule has 30 heavy (non-hydrogen) atoms. The Bertz CT molecular complexity index is 904. The average Bonchev–Trinajstić information content (AvgIpc) is 2.98. The highest BCUT2D eigenvalue weighted by atomic mass is 19.1. The largest absolute Gasteiger partial charge is 0.339 e. The molecule has 1 N–H and O–H groups in total. The molecule has 5 heteroatoms. The fourth-order valence-corrected chi connectivity index (χ4v) is 4.21. The maximum absolute atomic E-state index is 13.5. The molecule has 4 nitrogen and oxygen atoms in total. The van der Waals surface area contributed by atoms with E-state index in [-0.39, 0.29) is 17.8 Å². The van der Waals surface area contributed by atoms with Crippen LogP contribution in [-0.2, 0) is 5.54 Å². The molecular weight excluding hydrogens is 377 g/mol. The first-order chi connectivity index (χ1) is 14.2. The zero-order valence-corrected chi connectivity index (χ0v) is 18.6. The monoisotopic (exact) mass is 409 g/mol. The summed E-state index contributed by atoms with van der Waals surface area (Å²) in [6.45, 7) is 10.2. The summed E-state index contributed by atoms with van der Waals surface area (Å²) in [5.74, 6) is -0.337. The first-order valence-electron chi connectivity index (χ1n) is 10.7. The quantitative estimate of drug-likeness (QED) is 0.607. The zero-order valence-electron chi connectivity index (χ0n) is 18.6. The second-order valence-corrected chi connectivity index (χ2v) is 9.07. The van der Waals surface area contributed by atoms with Crippen LogP contribution in [0.25, 0.3) is 0 Å². The van der Waals surface area contributed by atoms with E-state index in [1.165, 1.54) is 12.1 Å². The van der Waals surface area contributed by atoms with Gasteiger partial charge in [-0.2, -0.15) is 5.10 Å². The van der Waals surface area contributed by atoms with Gasteiger partial charge in [-0.05, 0) is 63.8 Å². The number of amides is 2. The highest BCUT2D eigenvalue weighted by Crippen LogP contribution is 2.41. The first-order valence-corrected chi connectivity index (χ1v) is 10.7. The number of hydrazone groups is 1. The lowest BCUT2D eigenvalue weighted by Gasteiger charge is -2.37. The Labute approximate surface area is 179 Å². The number of urea groups is 1. The molecule has 0 aliphatic carbocycles. The van der Waals surface area contributed by atoms with Crippen LogP contribution in [0.4, 0.5) is 9.18 Å². The van der Waals surface area contributed by atoms with Crippen LogP contribution in [0.5, 0.6) is 0 Å². The predicted octanol–water partition coefficient (Wildman–Crippen LogP) is 6.19. The molecule has 0 saturated carbocycles. The summed E-state index contributed by atoms with van der Waals surface area (Å²) in [5, 5.41) is 9.51. The molecule has 0 radical (unpaired) electrons.